The minimum Gasteiger partial charge on any atom is -0.371 e. The first-order valence-corrected chi connectivity index (χ1v) is 8.50. The molecule has 1 fully saturated rings. The predicted molar refractivity (Wildman–Crippen MR) is 90.4 cm³/mol. The van der Waals surface area contributed by atoms with Crippen molar-refractivity contribution in [1.82, 2.24) is 5.32 Å². The Labute approximate surface area is 157 Å². The molecule has 1 amide bonds. The molecule has 0 bridgehead atoms. The minimum atomic E-state index is -4.89. The molecular weight excluding hydrogens is 386 g/mol. The largest absolute Gasteiger partial charge is 0.419 e. The van der Waals surface area contributed by atoms with Gasteiger partial charge in [-0.1, -0.05) is 0 Å². The molecule has 0 aromatic heterocycles. The maximum atomic E-state index is 13.4. The van der Waals surface area contributed by atoms with Crippen LogP contribution in [0.1, 0.15) is 22.3 Å². The number of hydrogen-bond donors (Lipinski definition) is 1. The lowest BCUT2D eigenvalue weighted by molar-refractivity contribution is -0.140. The summed E-state index contributed by atoms with van der Waals surface area (Å²) in [5.74, 6) is -4.09. The number of amides is 1. The van der Waals surface area contributed by atoms with Crippen molar-refractivity contribution in [1.29, 1.82) is 0 Å². The van der Waals surface area contributed by atoms with Gasteiger partial charge in [0.25, 0.3) is 5.91 Å². The number of rotatable bonds is 4. The van der Waals surface area contributed by atoms with Gasteiger partial charge in [0.2, 0.25) is 0 Å². The second-order valence-electron chi connectivity index (χ2n) is 6.60. The van der Waals surface area contributed by atoms with E-state index in [1.165, 1.54) is 6.07 Å². The van der Waals surface area contributed by atoms with E-state index in [0.29, 0.717) is 37.3 Å². The number of anilines is 1. The van der Waals surface area contributed by atoms with Gasteiger partial charge in [-0.05, 0) is 42.7 Å². The molecule has 0 saturated carbocycles. The number of nitrogens with zero attached hydrogens (tertiary/aromatic N) is 1. The smallest absolute Gasteiger partial charge is 0.371 e. The van der Waals surface area contributed by atoms with E-state index in [2.05, 4.69) is 5.32 Å². The van der Waals surface area contributed by atoms with Gasteiger partial charge in [-0.15, -0.1) is 0 Å². The third-order valence-electron chi connectivity index (χ3n) is 4.64. The highest BCUT2D eigenvalue weighted by Gasteiger charge is 2.34. The fraction of sp³-hybridized carbons (Fsp3) is 0.316. The Morgan fingerprint density at radius 3 is 2.43 bits per heavy atom. The molecule has 1 saturated heterocycles. The van der Waals surface area contributed by atoms with E-state index in [-0.39, 0.29) is 18.0 Å². The second-order valence-corrected chi connectivity index (χ2v) is 6.60. The number of carbonyl (C=O) groups is 1. The summed E-state index contributed by atoms with van der Waals surface area (Å²) in [6.45, 7) is 1.24. The summed E-state index contributed by atoms with van der Waals surface area (Å²) < 4.78 is 77.9. The fourth-order valence-electron chi connectivity index (χ4n) is 3.14. The van der Waals surface area contributed by atoms with Crippen molar-refractivity contribution in [2.24, 2.45) is 5.92 Å². The number of carbonyl (C=O) groups excluding carboxylic acids is 1. The minimum absolute atomic E-state index is 0.0143. The van der Waals surface area contributed by atoms with Gasteiger partial charge in [0.15, 0.2) is 11.6 Å². The normalized spacial score (nSPS) is 17.1. The van der Waals surface area contributed by atoms with E-state index >= 15 is 0 Å². The van der Waals surface area contributed by atoms with E-state index in [4.69, 9.17) is 0 Å². The molecule has 28 heavy (non-hydrogen) atoms. The highest BCUT2D eigenvalue weighted by atomic mass is 19.4. The van der Waals surface area contributed by atoms with Crippen LogP contribution in [0.2, 0.25) is 0 Å². The molecule has 9 heteroatoms. The van der Waals surface area contributed by atoms with E-state index < -0.39 is 35.1 Å². The van der Waals surface area contributed by atoms with Crippen molar-refractivity contribution < 1.29 is 31.1 Å². The molecule has 2 aromatic carbocycles. The molecule has 2 aromatic rings. The summed E-state index contributed by atoms with van der Waals surface area (Å²) in [6, 6.07) is 5.66. The van der Waals surface area contributed by atoms with Crippen LogP contribution in [0.3, 0.4) is 0 Å². The third kappa shape index (κ3) is 4.40. The number of hydrogen-bond acceptors (Lipinski definition) is 2. The summed E-state index contributed by atoms with van der Waals surface area (Å²) in [6.07, 6.45) is -4.23. The van der Waals surface area contributed by atoms with Gasteiger partial charge in [-0.3, -0.25) is 4.79 Å². The average Bonchev–Trinajstić information content (AvgIpc) is 3.10. The van der Waals surface area contributed by atoms with Crippen LogP contribution in [0.25, 0.3) is 0 Å². The van der Waals surface area contributed by atoms with Crippen LogP contribution in [0.5, 0.6) is 0 Å². The lowest BCUT2D eigenvalue weighted by Crippen LogP contribution is -2.31. The maximum Gasteiger partial charge on any atom is 0.419 e. The quantitative estimate of drug-likeness (QED) is 0.770. The highest BCUT2D eigenvalue weighted by Crippen LogP contribution is 2.32. The summed E-state index contributed by atoms with van der Waals surface area (Å²) in [5, 5.41) is 2.54. The van der Waals surface area contributed by atoms with Gasteiger partial charge >= 0.3 is 6.18 Å². The molecule has 3 rings (SSSR count). The molecule has 1 heterocycles. The molecule has 1 aliphatic rings. The van der Waals surface area contributed by atoms with Crippen LogP contribution >= 0.6 is 0 Å². The van der Waals surface area contributed by atoms with Gasteiger partial charge in [0.1, 0.15) is 5.82 Å². The van der Waals surface area contributed by atoms with Gasteiger partial charge in [-0.25, -0.2) is 13.2 Å². The lowest BCUT2D eigenvalue weighted by atomic mass is 10.1. The van der Waals surface area contributed by atoms with E-state index in [1.54, 1.807) is 0 Å². The van der Waals surface area contributed by atoms with Crippen LogP contribution in [0.4, 0.5) is 32.0 Å². The number of halogens is 6. The Hall–Kier alpha value is -2.71. The van der Waals surface area contributed by atoms with Crippen LogP contribution in [0, 0.1) is 23.4 Å². The molecule has 1 atom stereocenters. The fourth-order valence-corrected chi connectivity index (χ4v) is 3.14. The van der Waals surface area contributed by atoms with Crippen LogP contribution < -0.4 is 10.2 Å². The predicted octanol–water partition coefficient (Wildman–Crippen LogP) is 4.38. The Morgan fingerprint density at radius 2 is 1.75 bits per heavy atom. The zero-order valence-corrected chi connectivity index (χ0v) is 14.5. The first-order chi connectivity index (χ1) is 13.1. The molecule has 0 spiro atoms. The monoisotopic (exact) mass is 402 g/mol. The Kier molecular flexibility index (Phi) is 5.53. The Bertz CT molecular complexity index is 883. The highest BCUT2D eigenvalue weighted by molar-refractivity contribution is 5.94. The zero-order valence-electron chi connectivity index (χ0n) is 14.5. The molecule has 3 nitrogen and oxygen atoms in total. The number of alkyl halides is 3. The first kappa shape index (κ1) is 20.0. The lowest BCUT2D eigenvalue weighted by Gasteiger charge is -2.19. The topological polar surface area (TPSA) is 32.3 Å². The standard InChI is InChI=1S/C19H16F6N2O/c20-15-3-1-12(7-14(15)19(23,24)25)18(28)26-9-11-5-6-27(10-11)13-2-4-16(21)17(22)8-13/h1-4,7-8,11H,5-6,9-10H2,(H,26,28). The molecular formula is C19H16F6N2O. The SMILES string of the molecule is O=C(NCC1CCN(c2ccc(F)c(F)c2)C1)c1ccc(F)c(C(F)(F)F)c1. The van der Waals surface area contributed by atoms with Gasteiger partial charge in [0.05, 0.1) is 5.56 Å². The van der Waals surface area contributed by atoms with Gasteiger partial charge in [-0.2, -0.15) is 13.2 Å². The Morgan fingerprint density at radius 1 is 1.04 bits per heavy atom. The first-order valence-electron chi connectivity index (χ1n) is 8.50. The van der Waals surface area contributed by atoms with Crippen LogP contribution in [-0.4, -0.2) is 25.5 Å². The maximum absolute atomic E-state index is 13.4. The van der Waals surface area contributed by atoms with Gasteiger partial charge < -0.3 is 10.2 Å². The summed E-state index contributed by atoms with van der Waals surface area (Å²) in [7, 11) is 0. The van der Waals surface area contributed by atoms with Crippen molar-refractivity contribution >= 4 is 11.6 Å². The molecule has 1 aliphatic heterocycles. The zero-order chi connectivity index (χ0) is 20.5. The molecule has 0 radical (unpaired) electrons. The van der Waals surface area contributed by atoms with Crippen molar-refractivity contribution in [3.05, 3.63) is 65.0 Å². The molecule has 150 valence electrons. The summed E-state index contributed by atoms with van der Waals surface area (Å²) in [5.41, 5.74) is -1.27. The van der Waals surface area contributed by atoms with Crippen molar-refractivity contribution in [2.45, 2.75) is 12.6 Å². The van der Waals surface area contributed by atoms with E-state index in [0.717, 1.165) is 18.2 Å². The van der Waals surface area contributed by atoms with E-state index in [9.17, 15) is 31.1 Å². The van der Waals surface area contributed by atoms with Crippen molar-refractivity contribution in [2.75, 3.05) is 24.5 Å². The second kappa shape index (κ2) is 7.73. The number of nitrogens with one attached hydrogen (secondary N) is 1. The van der Waals surface area contributed by atoms with Crippen LogP contribution in [-0.2, 0) is 6.18 Å². The Balaban J connectivity index is 1.59. The average molecular weight is 402 g/mol. The van der Waals surface area contributed by atoms with Gasteiger partial charge in [0, 0.05) is 37.0 Å². The summed E-state index contributed by atoms with van der Waals surface area (Å²) in [4.78, 5) is 14.0. The third-order valence-corrected chi connectivity index (χ3v) is 4.64. The molecule has 0 aliphatic carbocycles. The summed E-state index contributed by atoms with van der Waals surface area (Å²) >= 11 is 0. The van der Waals surface area contributed by atoms with E-state index in [1.807, 2.05) is 4.90 Å². The van der Waals surface area contributed by atoms with Crippen molar-refractivity contribution in [3.8, 4) is 0 Å². The van der Waals surface area contributed by atoms with Crippen molar-refractivity contribution in [3.63, 3.8) is 0 Å². The van der Waals surface area contributed by atoms with Crippen LogP contribution in [0.15, 0.2) is 36.4 Å². The molecule has 1 N–H and O–H groups in total. The molecule has 1 unspecified atom stereocenters. The number of benzene rings is 2.